The molecule has 1 atom stereocenters. The number of hydrogen-bond acceptors (Lipinski definition) is 3. The molecule has 5 nitrogen and oxygen atoms in total. The molecule has 1 aliphatic rings. The lowest BCUT2D eigenvalue weighted by atomic mass is 9.96. The highest BCUT2D eigenvalue weighted by molar-refractivity contribution is 5.87. The first-order valence-corrected chi connectivity index (χ1v) is 6.65. The first-order chi connectivity index (χ1) is 8.39. The molecule has 1 rings (SSSR count). The average Bonchev–Trinajstić information content (AvgIpc) is 2.33. The summed E-state index contributed by atoms with van der Waals surface area (Å²) in [6.07, 6.45) is 2.32. The molecule has 0 radical (unpaired) electrons. The molecule has 0 bridgehead atoms. The van der Waals surface area contributed by atoms with Crippen molar-refractivity contribution < 1.29 is 9.59 Å². The standard InChI is InChI=1S/C13H25N3O2/c1-13(2,3)12(18)16-9-11(17)15-8-10-5-4-6-14-7-10/h10,14H,4-9H2,1-3H3,(H,15,17)(H,16,18). The van der Waals surface area contributed by atoms with Crippen molar-refractivity contribution in [2.75, 3.05) is 26.2 Å². The Morgan fingerprint density at radius 1 is 1.28 bits per heavy atom. The van der Waals surface area contributed by atoms with Gasteiger partial charge in [0.25, 0.3) is 0 Å². The maximum Gasteiger partial charge on any atom is 0.239 e. The second kappa shape index (κ2) is 6.73. The van der Waals surface area contributed by atoms with Gasteiger partial charge in [-0.25, -0.2) is 0 Å². The SMILES string of the molecule is CC(C)(C)C(=O)NCC(=O)NCC1CCCNC1. The topological polar surface area (TPSA) is 70.2 Å². The van der Waals surface area contributed by atoms with Gasteiger partial charge in [0, 0.05) is 12.0 Å². The zero-order valence-corrected chi connectivity index (χ0v) is 11.6. The predicted octanol–water partition coefficient (Wildman–Crippen LogP) is 0.265. The molecule has 1 heterocycles. The van der Waals surface area contributed by atoms with Gasteiger partial charge in [-0.3, -0.25) is 9.59 Å². The Morgan fingerprint density at radius 3 is 2.56 bits per heavy atom. The van der Waals surface area contributed by atoms with E-state index in [1.807, 2.05) is 20.8 Å². The van der Waals surface area contributed by atoms with E-state index in [9.17, 15) is 9.59 Å². The summed E-state index contributed by atoms with van der Waals surface area (Å²) in [6.45, 7) is 8.28. The van der Waals surface area contributed by atoms with E-state index < -0.39 is 5.41 Å². The Labute approximate surface area is 109 Å². The van der Waals surface area contributed by atoms with Crippen molar-refractivity contribution in [2.45, 2.75) is 33.6 Å². The first kappa shape index (κ1) is 15.0. The van der Waals surface area contributed by atoms with Gasteiger partial charge in [-0.05, 0) is 31.8 Å². The molecule has 0 spiro atoms. The lowest BCUT2D eigenvalue weighted by molar-refractivity contribution is -0.131. The number of nitrogens with one attached hydrogen (secondary N) is 3. The van der Waals surface area contributed by atoms with Gasteiger partial charge in [-0.2, -0.15) is 0 Å². The van der Waals surface area contributed by atoms with Crippen LogP contribution in [-0.2, 0) is 9.59 Å². The molecule has 0 aromatic heterocycles. The summed E-state index contributed by atoms with van der Waals surface area (Å²) >= 11 is 0. The minimum absolute atomic E-state index is 0.0657. The van der Waals surface area contributed by atoms with Crippen LogP contribution in [0.25, 0.3) is 0 Å². The number of piperidine rings is 1. The normalized spacial score (nSPS) is 20.3. The zero-order valence-electron chi connectivity index (χ0n) is 11.6. The predicted molar refractivity (Wildman–Crippen MR) is 71.1 cm³/mol. The Hall–Kier alpha value is -1.10. The fourth-order valence-corrected chi connectivity index (χ4v) is 1.84. The van der Waals surface area contributed by atoms with Crippen LogP contribution in [0.5, 0.6) is 0 Å². The number of carbonyl (C=O) groups excluding carboxylic acids is 2. The molecule has 5 heteroatoms. The summed E-state index contributed by atoms with van der Waals surface area (Å²) in [5.41, 5.74) is -0.451. The molecule has 1 fully saturated rings. The molecule has 3 N–H and O–H groups in total. The smallest absolute Gasteiger partial charge is 0.239 e. The number of rotatable bonds is 4. The van der Waals surface area contributed by atoms with Gasteiger partial charge >= 0.3 is 0 Å². The monoisotopic (exact) mass is 255 g/mol. The quantitative estimate of drug-likeness (QED) is 0.675. The first-order valence-electron chi connectivity index (χ1n) is 6.65. The lowest BCUT2D eigenvalue weighted by Crippen LogP contribution is -2.44. The van der Waals surface area contributed by atoms with Gasteiger partial charge in [0.1, 0.15) is 0 Å². The van der Waals surface area contributed by atoms with E-state index >= 15 is 0 Å². The minimum Gasteiger partial charge on any atom is -0.354 e. The van der Waals surface area contributed by atoms with Crippen molar-refractivity contribution >= 4 is 11.8 Å². The van der Waals surface area contributed by atoms with Gasteiger partial charge in [-0.15, -0.1) is 0 Å². The number of hydrogen-bond donors (Lipinski definition) is 3. The zero-order chi connectivity index (χ0) is 13.6. The minimum atomic E-state index is -0.451. The van der Waals surface area contributed by atoms with Crippen LogP contribution in [-0.4, -0.2) is 38.0 Å². The fraction of sp³-hybridized carbons (Fsp3) is 0.846. The van der Waals surface area contributed by atoms with Crippen molar-refractivity contribution in [1.29, 1.82) is 0 Å². The molecule has 104 valence electrons. The third-order valence-electron chi connectivity index (χ3n) is 3.08. The molecule has 0 saturated carbocycles. The summed E-state index contributed by atoms with van der Waals surface area (Å²) in [7, 11) is 0. The van der Waals surface area contributed by atoms with Crippen LogP contribution in [0.2, 0.25) is 0 Å². The molecule has 1 saturated heterocycles. The van der Waals surface area contributed by atoms with Gasteiger partial charge in [0.15, 0.2) is 0 Å². The van der Waals surface area contributed by atoms with E-state index in [0.717, 1.165) is 19.5 Å². The van der Waals surface area contributed by atoms with Gasteiger partial charge < -0.3 is 16.0 Å². The van der Waals surface area contributed by atoms with E-state index in [0.29, 0.717) is 12.5 Å². The van der Waals surface area contributed by atoms with Crippen molar-refractivity contribution in [3.63, 3.8) is 0 Å². The summed E-state index contributed by atoms with van der Waals surface area (Å²) in [6, 6.07) is 0. The summed E-state index contributed by atoms with van der Waals surface area (Å²) in [5.74, 6) is 0.302. The molecule has 0 aromatic rings. The Morgan fingerprint density at radius 2 is 2.00 bits per heavy atom. The van der Waals surface area contributed by atoms with Crippen LogP contribution < -0.4 is 16.0 Å². The van der Waals surface area contributed by atoms with Crippen molar-refractivity contribution in [2.24, 2.45) is 11.3 Å². The van der Waals surface area contributed by atoms with E-state index in [1.54, 1.807) is 0 Å². The molecule has 18 heavy (non-hydrogen) atoms. The largest absolute Gasteiger partial charge is 0.354 e. The van der Waals surface area contributed by atoms with Gasteiger partial charge in [-0.1, -0.05) is 20.8 Å². The van der Waals surface area contributed by atoms with Crippen LogP contribution in [0.4, 0.5) is 0 Å². The van der Waals surface area contributed by atoms with Crippen LogP contribution in [0.3, 0.4) is 0 Å². The second-order valence-corrected chi connectivity index (χ2v) is 5.95. The van der Waals surface area contributed by atoms with E-state index in [-0.39, 0.29) is 18.4 Å². The fourth-order valence-electron chi connectivity index (χ4n) is 1.84. The molecular formula is C13H25N3O2. The van der Waals surface area contributed by atoms with Crippen molar-refractivity contribution in [1.82, 2.24) is 16.0 Å². The molecule has 1 aliphatic heterocycles. The summed E-state index contributed by atoms with van der Waals surface area (Å²) < 4.78 is 0. The van der Waals surface area contributed by atoms with E-state index in [2.05, 4.69) is 16.0 Å². The van der Waals surface area contributed by atoms with Crippen molar-refractivity contribution in [3.8, 4) is 0 Å². The highest BCUT2D eigenvalue weighted by atomic mass is 16.2. The highest BCUT2D eigenvalue weighted by Crippen LogP contribution is 2.12. The molecular weight excluding hydrogens is 230 g/mol. The summed E-state index contributed by atoms with van der Waals surface area (Å²) in [5, 5.41) is 8.82. The second-order valence-electron chi connectivity index (χ2n) is 5.95. The molecule has 1 unspecified atom stereocenters. The Bertz CT molecular complexity index is 291. The van der Waals surface area contributed by atoms with Crippen LogP contribution >= 0.6 is 0 Å². The van der Waals surface area contributed by atoms with Crippen molar-refractivity contribution in [3.05, 3.63) is 0 Å². The van der Waals surface area contributed by atoms with E-state index in [4.69, 9.17) is 0 Å². The molecule has 0 aromatic carbocycles. The maximum absolute atomic E-state index is 11.6. The van der Waals surface area contributed by atoms with Crippen LogP contribution in [0.1, 0.15) is 33.6 Å². The molecule has 0 aliphatic carbocycles. The van der Waals surface area contributed by atoms with Gasteiger partial charge in [0.2, 0.25) is 11.8 Å². The lowest BCUT2D eigenvalue weighted by Gasteiger charge is -2.23. The number of amides is 2. The summed E-state index contributed by atoms with van der Waals surface area (Å²) in [4.78, 5) is 23.1. The van der Waals surface area contributed by atoms with Crippen LogP contribution in [0, 0.1) is 11.3 Å². The average molecular weight is 255 g/mol. The van der Waals surface area contributed by atoms with Crippen LogP contribution in [0.15, 0.2) is 0 Å². The molecule has 2 amide bonds. The highest BCUT2D eigenvalue weighted by Gasteiger charge is 2.21. The third-order valence-corrected chi connectivity index (χ3v) is 3.08. The van der Waals surface area contributed by atoms with E-state index in [1.165, 1.54) is 6.42 Å². The third kappa shape index (κ3) is 5.49. The van der Waals surface area contributed by atoms with Gasteiger partial charge in [0.05, 0.1) is 6.54 Å². The maximum atomic E-state index is 11.6. The number of carbonyl (C=O) groups is 2. The Balaban J connectivity index is 2.15. The Kier molecular flexibility index (Phi) is 5.59.